The number of benzene rings is 4. The summed E-state index contributed by atoms with van der Waals surface area (Å²) in [5, 5.41) is 0. The van der Waals surface area contributed by atoms with Crippen LogP contribution in [0.5, 0.6) is 11.5 Å². The van der Waals surface area contributed by atoms with Gasteiger partial charge >= 0.3 is 272 Å². The Balaban J connectivity index is 1.51. The molecule has 0 saturated carbocycles. The van der Waals surface area contributed by atoms with E-state index < -0.39 is 40.8 Å². The maximum absolute atomic E-state index is 14.0. The first-order chi connectivity index (χ1) is 21.6. The number of allylic oxidation sites excluding steroid dienone is 8. The molecule has 9 heteroatoms. The van der Waals surface area contributed by atoms with E-state index in [1.807, 2.05) is 62.5 Å². The summed E-state index contributed by atoms with van der Waals surface area (Å²) in [7, 11) is -7.93. The van der Waals surface area contributed by atoms with Gasteiger partial charge in [0.25, 0.3) is 0 Å². The Hall–Kier alpha value is -3.78. The zero-order valence-electron chi connectivity index (χ0n) is 24.8. The van der Waals surface area contributed by atoms with Crippen molar-refractivity contribution >= 4 is 19.7 Å². The molecule has 2 aliphatic rings. The Morgan fingerprint density at radius 3 is 1.18 bits per heavy atom. The SMILES string of the molecule is Cc1ccc(S(=O)(=O)c2ccccc2[O][Zr]([O]c2ccccc2S(=O)(=O)c2ccc(C)cc2)([CH]2C=CC=C2)[CH]2C=CC=C2)cc1. The van der Waals surface area contributed by atoms with Crippen molar-refractivity contribution in [1.82, 2.24) is 0 Å². The molecule has 0 atom stereocenters. The molecule has 4 aromatic carbocycles. The van der Waals surface area contributed by atoms with Gasteiger partial charge < -0.3 is 0 Å². The van der Waals surface area contributed by atoms with E-state index in [2.05, 4.69) is 0 Å². The molecule has 0 saturated heterocycles. The molecular formula is C36H32O6S2Zr. The first-order valence-corrected chi connectivity index (χ1v) is 22.3. The first-order valence-electron chi connectivity index (χ1n) is 14.5. The summed E-state index contributed by atoms with van der Waals surface area (Å²) in [6, 6.07) is 26.6. The predicted octanol–water partition coefficient (Wildman–Crippen LogP) is 8.24. The van der Waals surface area contributed by atoms with Gasteiger partial charge in [-0.2, -0.15) is 0 Å². The van der Waals surface area contributed by atoms with Crippen molar-refractivity contribution in [2.75, 3.05) is 0 Å². The summed E-state index contributed by atoms with van der Waals surface area (Å²) in [4.78, 5) is 0.357. The van der Waals surface area contributed by atoms with Crippen molar-refractivity contribution < 1.29 is 43.6 Å². The second-order valence-electron chi connectivity index (χ2n) is 11.0. The molecule has 0 aromatic heterocycles. The maximum atomic E-state index is 14.0. The van der Waals surface area contributed by atoms with Crippen molar-refractivity contribution in [2.24, 2.45) is 0 Å². The average Bonchev–Trinajstić information content (AvgIpc) is 3.78. The second kappa shape index (κ2) is 12.5. The van der Waals surface area contributed by atoms with Crippen LogP contribution in [0.25, 0.3) is 0 Å². The minimum absolute atomic E-state index is 0.0241. The molecule has 0 radical (unpaired) electrons. The quantitative estimate of drug-likeness (QED) is 0.165. The molecule has 228 valence electrons. The molecule has 0 N–H and O–H groups in total. The normalized spacial score (nSPS) is 15.2. The van der Waals surface area contributed by atoms with E-state index in [0.29, 0.717) is 0 Å². The first kappa shape index (κ1) is 31.2. The molecule has 0 bridgehead atoms. The average molecular weight is 716 g/mol. The van der Waals surface area contributed by atoms with Gasteiger partial charge in [-0.25, -0.2) is 0 Å². The van der Waals surface area contributed by atoms with Gasteiger partial charge in [-0.1, -0.05) is 0 Å². The zero-order valence-corrected chi connectivity index (χ0v) is 28.9. The number of para-hydroxylation sites is 2. The Labute approximate surface area is 270 Å². The molecule has 6 nitrogen and oxygen atoms in total. The van der Waals surface area contributed by atoms with Crippen LogP contribution in [0.4, 0.5) is 0 Å². The minimum atomic E-state index is -4.81. The number of sulfone groups is 2. The number of rotatable bonds is 10. The third kappa shape index (κ3) is 6.09. The molecular weight excluding hydrogens is 684 g/mol. The van der Waals surface area contributed by atoms with Gasteiger partial charge in [-0.3, -0.25) is 0 Å². The van der Waals surface area contributed by atoms with Crippen LogP contribution in [0.2, 0.25) is 7.25 Å². The second-order valence-corrected chi connectivity index (χ2v) is 22.7. The van der Waals surface area contributed by atoms with Crippen LogP contribution in [0.3, 0.4) is 0 Å². The van der Waals surface area contributed by atoms with Crippen LogP contribution >= 0.6 is 0 Å². The van der Waals surface area contributed by atoms with E-state index in [1.165, 1.54) is 12.1 Å². The fourth-order valence-electron chi connectivity index (χ4n) is 5.46. The van der Waals surface area contributed by atoms with Gasteiger partial charge in [0.2, 0.25) is 0 Å². The zero-order chi connectivity index (χ0) is 31.7. The molecule has 45 heavy (non-hydrogen) atoms. The van der Waals surface area contributed by atoms with Crippen LogP contribution in [-0.2, 0) is 40.8 Å². The van der Waals surface area contributed by atoms with Gasteiger partial charge in [0, 0.05) is 0 Å². The standard InChI is InChI=1S/2C13H12O3S.2C5H5.Zr/c2*1-10-6-8-11(9-7-10)17(15,16)13-5-3-2-4-12(13)14;2*1-2-4-5-3-1;/h2*2-9,14H,1H3;2*1-5H;/q;;;;+2/p-2. The number of hydrogen-bond donors (Lipinski definition) is 0. The van der Waals surface area contributed by atoms with Crippen LogP contribution in [-0.4, -0.2) is 16.8 Å². The summed E-state index contributed by atoms with van der Waals surface area (Å²) in [6.45, 7) is 3.80. The molecule has 0 spiro atoms. The van der Waals surface area contributed by atoms with Crippen LogP contribution < -0.4 is 5.63 Å². The molecule has 0 amide bonds. The molecule has 0 fully saturated rings. The van der Waals surface area contributed by atoms with Gasteiger partial charge in [0.1, 0.15) is 0 Å². The molecule has 6 rings (SSSR count). The third-order valence-electron chi connectivity index (χ3n) is 7.90. The number of aryl methyl sites for hydroxylation is 2. The Morgan fingerprint density at radius 2 is 0.822 bits per heavy atom. The summed E-state index contributed by atoms with van der Waals surface area (Å²) < 4.78 is 69.4. The fraction of sp³-hybridized carbons (Fsp3) is 0.111. The predicted molar refractivity (Wildman–Crippen MR) is 171 cm³/mol. The Morgan fingerprint density at radius 1 is 0.489 bits per heavy atom. The van der Waals surface area contributed by atoms with E-state index in [0.717, 1.165) is 11.1 Å². The summed E-state index contributed by atoms with van der Waals surface area (Å²) in [6.07, 6.45) is 15.6. The van der Waals surface area contributed by atoms with E-state index in [1.54, 1.807) is 84.9 Å². The third-order valence-corrected chi connectivity index (χ3v) is 20.6. The Bertz CT molecular complexity index is 1890. The van der Waals surface area contributed by atoms with Gasteiger partial charge in [-0.15, -0.1) is 0 Å². The molecule has 0 aliphatic heterocycles. The topological polar surface area (TPSA) is 86.7 Å². The van der Waals surface area contributed by atoms with Crippen molar-refractivity contribution in [3.63, 3.8) is 0 Å². The molecule has 2 aliphatic carbocycles. The van der Waals surface area contributed by atoms with Crippen molar-refractivity contribution in [1.29, 1.82) is 0 Å². The van der Waals surface area contributed by atoms with Crippen molar-refractivity contribution in [3.05, 3.63) is 157 Å². The van der Waals surface area contributed by atoms with E-state index >= 15 is 0 Å². The summed E-state index contributed by atoms with van der Waals surface area (Å²) in [5.41, 5.74) is 1.89. The summed E-state index contributed by atoms with van der Waals surface area (Å²) in [5.74, 6) is 0.352. The van der Waals surface area contributed by atoms with E-state index in [4.69, 9.17) is 5.63 Å². The van der Waals surface area contributed by atoms with Crippen molar-refractivity contribution in [3.8, 4) is 11.5 Å². The monoisotopic (exact) mass is 714 g/mol. The van der Waals surface area contributed by atoms with Gasteiger partial charge in [0.15, 0.2) is 0 Å². The molecule has 0 heterocycles. The molecule has 4 aromatic rings. The van der Waals surface area contributed by atoms with E-state index in [-0.39, 0.29) is 38.3 Å². The van der Waals surface area contributed by atoms with Crippen LogP contribution in [0.1, 0.15) is 11.1 Å². The van der Waals surface area contributed by atoms with Gasteiger partial charge in [-0.05, 0) is 0 Å². The Kier molecular flexibility index (Phi) is 8.70. The van der Waals surface area contributed by atoms with Crippen LogP contribution in [0.15, 0.2) is 165 Å². The number of hydrogen-bond acceptors (Lipinski definition) is 6. The molecule has 0 unspecified atom stereocenters. The van der Waals surface area contributed by atoms with E-state index in [9.17, 15) is 16.8 Å². The van der Waals surface area contributed by atoms with Gasteiger partial charge in [0.05, 0.1) is 0 Å². The van der Waals surface area contributed by atoms with Crippen molar-refractivity contribution in [2.45, 2.75) is 40.7 Å². The fourth-order valence-corrected chi connectivity index (χ4v) is 17.4. The van der Waals surface area contributed by atoms with Crippen LogP contribution in [0, 0.1) is 13.8 Å². The summed E-state index contributed by atoms with van der Waals surface area (Å²) >= 11 is -4.81.